The summed E-state index contributed by atoms with van der Waals surface area (Å²) in [5.41, 5.74) is -0.977. The second-order valence-corrected chi connectivity index (χ2v) is 9.40. The molecule has 10 nitrogen and oxygen atoms in total. The Morgan fingerprint density at radius 2 is 1.73 bits per heavy atom. The summed E-state index contributed by atoms with van der Waals surface area (Å²) in [5, 5.41) is 33.0. The van der Waals surface area contributed by atoms with Crippen molar-refractivity contribution in [3.05, 3.63) is 29.1 Å². The Bertz CT molecular complexity index is 1150. The van der Waals surface area contributed by atoms with Gasteiger partial charge in [0.15, 0.2) is 34.7 Å². The largest absolute Gasteiger partial charge is 0.507 e. The van der Waals surface area contributed by atoms with Crippen LogP contribution in [0.1, 0.15) is 29.3 Å². The Morgan fingerprint density at radius 3 is 2.27 bits per heavy atom. The molecule has 0 aliphatic heterocycles. The number of phenolic OH excluding ortho intramolecular Hbond substituents is 1. The van der Waals surface area contributed by atoms with Crippen molar-refractivity contribution in [1.82, 2.24) is 4.90 Å². The van der Waals surface area contributed by atoms with Crippen LogP contribution in [-0.4, -0.2) is 75.0 Å². The topological polar surface area (TPSA) is 175 Å². The summed E-state index contributed by atoms with van der Waals surface area (Å²) in [6.45, 7) is 1.17. The summed E-state index contributed by atoms with van der Waals surface area (Å²) in [6.07, 6.45) is -0.397. The standard InChI is InChI=1S/C22H23FN2O8/c1-21(32)7-6-8-15(25(2)3)17(28)13(20(24)31)19(30)22(8,33)18(29)11(7)16(27)12-10(26)5-4-9(23)14(12)21/h4-5,7-8,11,13,15,26,32-33H,6H2,1-3H3,(H2,24,31)/t7-,8+,11?,13?,15-,21?,22+/m0/s1/i23-1. The summed E-state index contributed by atoms with van der Waals surface area (Å²) >= 11 is 0. The quantitative estimate of drug-likeness (QED) is 0.389. The molecule has 7 atom stereocenters. The normalized spacial score (nSPS) is 38.1. The highest BCUT2D eigenvalue weighted by Crippen LogP contribution is 2.56. The summed E-state index contributed by atoms with van der Waals surface area (Å²) < 4.78 is 14.7. The molecule has 0 aromatic heterocycles. The number of primary amides is 1. The van der Waals surface area contributed by atoms with Crippen LogP contribution in [0.25, 0.3) is 0 Å². The molecule has 3 unspecified atom stereocenters. The van der Waals surface area contributed by atoms with E-state index in [1.165, 1.54) is 25.9 Å². The lowest BCUT2D eigenvalue weighted by Gasteiger charge is -2.55. The minimum absolute atomic E-state index is 0.397. The number of nitrogens with two attached hydrogens (primary N) is 1. The molecule has 1 aromatic carbocycles. The number of benzene rings is 1. The Morgan fingerprint density at radius 1 is 1.12 bits per heavy atom. The summed E-state index contributed by atoms with van der Waals surface area (Å²) in [6, 6.07) is 0.435. The summed E-state index contributed by atoms with van der Waals surface area (Å²) in [4.78, 5) is 66.3. The minimum Gasteiger partial charge on any atom is -0.507 e. The van der Waals surface area contributed by atoms with Crippen LogP contribution in [0.15, 0.2) is 12.1 Å². The second kappa shape index (κ2) is 6.99. The zero-order valence-corrected chi connectivity index (χ0v) is 18.0. The van der Waals surface area contributed by atoms with E-state index in [0.29, 0.717) is 0 Å². The third kappa shape index (κ3) is 2.73. The van der Waals surface area contributed by atoms with Crippen LogP contribution in [0.3, 0.4) is 0 Å². The van der Waals surface area contributed by atoms with Crippen molar-refractivity contribution in [2.75, 3.05) is 14.1 Å². The van der Waals surface area contributed by atoms with Gasteiger partial charge in [0.25, 0.3) is 0 Å². The van der Waals surface area contributed by atoms with E-state index in [0.717, 1.165) is 12.1 Å². The number of phenols is 1. The van der Waals surface area contributed by atoms with Gasteiger partial charge in [0.05, 0.1) is 23.1 Å². The minimum atomic E-state index is -2.92. The van der Waals surface area contributed by atoms with E-state index >= 15 is 0 Å². The van der Waals surface area contributed by atoms with Gasteiger partial charge in [0.2, 0.25) is 5.91 Å². The number of hydrogen-bond donors (Lipinski definition) is 4. The van der Waals surface area contributed by atoms with Crippen LogP contribution in [0.4, 0.5) is 4.39 Å². The number of Topliss-reactive ketones (excluding diaryl/α,β-unsaturated/α-hetero) is 4. The molecule has 3 aliphatic carbocycles. The molecule has 0 spiro atoms. The molecule has 176 valence electrons. The van der Waals surface area contributed by atoms with Gasteiger partial charge in [-0.25, -0.2) is 4.39 Å². The third-order valence-electron chi connectivity index (χ3n) is 7.43. The second-order valence-electron chi connectivity index (χ2n) is 9.40. The number of carbonyl (C=O) groups excluding carboxylic acids is 5. The molecule has 2 saturated carbocycles. The van der Waals surface area contributed by atoms with Crippen molar-refractivity contribution < 1.29 is 43.7 Å². The number of aromatic hydroxyl groups is 1. The van der Waals surface area contributed by atoms with Crippen molar-refractivity contribution in [3.8, 4) is 5.75 Å². The van der Waals surface area contributed by atoms with Crippen LogP contribution in [0.2, 0.25) is 0 Å². The predicted molar refractivity (Wildman–Crippen MR) is 107 cm³/mol. The molecule has 3 aliphatic rings. The zero-order valence-electron chi connectivity index (χ0n) is 18.0. The first-order chi connectivity index (χ1) is 15.2. The smallest absolute Gasteiger partial charge is 0.235 e. The first kappa shape index (κ1) is 23.1. The molecule has 33 heavy (non-hydrogen) atoms. The fourth-order valence-electron chi connectivity index (χ4n) is 5.95. The Hall–Kier alpha value is -3.02. The van der Waals surface area contributed by atoms with E-state index in [-0.39, 0.29) is 0 Å². The Kier molecular flexibility index (Phi) is 4.90. The van der Waals surface area contributed by atoms with Crippen molar-refractivity contribution in [2.24, 2.45) is 29.4 Å². The zero-order chi connectivity index (χ0) is 24.8. The first-order valence-electron chi connectivity index (χ1n) is 10.3. The summed E-state index contributed by atoms with van der Waals surface area (Å²) in [7, 11) is 2.87. The van der Waals surface area contributed by atoms with Gasteiger partial charge in [-0.05, 0) is 39.6 Å². The van der Waals surface area contributed by atoms with Gasteiger partial charge >= 0.3 is 0 Å². The number of ketones is 4. The van der Waals surface area contributed by atoms with Crippen LogP contribution < -0.4 is 5.73 Å². The molecule has 0 heterocycles. The number of hydrogen-bond acceptors (Lipinski definition) is 9. The number of rotatable bonds is 2. The van der Waals surface area contributed by atoms with Gasteiger partial charge < -0.3 is 21.1 Å². The van der Waals surface area contributed by atoms with Gasteiger partial charge in [0.1, 0.15) is 11.6 Å². The number of carbonyl (C=O) groups is 5. The van der Waals surface area contributed by atoms with Crippen LogP contribution in [-0.2, 0) is 24.8 Å². The molecule has 1 amide bonds. The molecule has 4 rings (SSSR count). The predicted octanol–water partition coefficient (Wildman–Crippen LogP) is -1.33. The Balaban J connectivity index is 1.97. The molecule has 5 N–H and O–H groups in total. The first-order valence-corrected chi connectivity index (χ1v) is 10.3. The van der Waals surface area contributed by atoms with E-state index in [1.807, 2.05) is 0 Å². The summed E-state index contributed by atoms with van der Waals surface area (Å²) in [5.74, 6) is -14.4. The molecule has 1 aromatic rings. The fraction of sp³-hybridized carbons (Fsp3) is 0.500. The average molecular weight is 461 g/mol. The van der Waals surface area contributed by atoms with Gasteiger partial charge in [-0.3, -0.25) is 28.9 Å². The van der Waals surface area contributed by atoms with E-state index in [2.05, 4.69) is 0 Å². The number of amides is 1. The lowest BCUT2D eigenvalue weighted by atomic mass is 9.49. The van der Waals surface area contributed by atoms with Crippen molar-refractivity contribution in [2.45, 2.75) is 30.6 Å². The molecule has 0 bridgehead atoms. The third-order valence-corrected chi connectivity index (χ3v) is 7.43. The van der Waals surface area contributed by atoms with Crippen molar-refractivity contribution in [1.29, 1.82) is 0 Å². The van der Waals surface area contributed by atoms with Crippen LogP contribution >= 0.6 is 0 Å². The highest BCUT2D eigenvalue weighted by atomic mass is 18.2. The number of nitrogens with zero attached hydrogens (tertiary/aromatic N) is 1. The van der Waals surface area contributed by atoms with Gasteiger partial charge in [-0.15, -0.1) is 0 Å². The number of aliphatic hydroxyl groups is 2. The maximum atomic E-state index is 14.7. The molecular formula is C22H23FN2O8. The molecule has 0 saturated heterocycles. The van der Waals surface area contributed by atoms with E-state index < -0.39 is 99.1 Å². The van der Waals surface area contributed by atoms with Gasteiger partial charge in [-0.2, -0.15) is 0 Å². The highest BCUT2D eigenvalue weighted by Gasteiger charge is 2.71. The van der Waals surface area contributed by atoms with Gasteiger partial charge in [0, 0.05) is 17.4 Å². The number of fused-ring (bicyclic) bond motifs is 3. The molecule has 11 heteroatoms. The highest BCUT2D eigenvalue weighted by molar-refractivity contribution is 6.32. The monoisotopic (exact) mass is 461 g/mol. The maximum absolute atomic E-state index is 14.7. The van der Waals surface area contributed by atoms with Gasteiger partial charge in [-0.1, -0.05) is 0 Å². The van der Waals surface area contributed by atoms with Crippen molar-refractivity contribution >= 4 is 29.0 Å². The van der Waals surface area contributed by atoms with E-state index in [4.69, 9.17) is 5.73 Å². The Labute approximate surface area is 187 Å². The average Bonchev–Trinajstić information content (AvgIpc) is 2.69. The molecular weight excluding hydrogens is 438 g/mol. The number of halogens is 1. The lowest BCUT2D eigenvalue weighted by molar-refractivity contribution is -0.188. The van der Waals surface area contributed by atoms with Crippen LogP contribution in [0, 0.1) is 29.5 Å². The maximum Gasteiger partial charge on any atom is 0.235 e. The van der Waals surface area contributed by atoms with E-state index in [9.17, 15) is 43.7 Å². The van der Waals surface area contributed by atoms with Crippen molar-refractivity contribution in [3.63, 3.8) is 0 Å². The SMILES string of the molecule is CN(C)[C@@H]1C(=O)C(C(N)=O)C(=O)[C@]2(O)C(=O)C3C(=O)c4c(O)ccc([18F])c4C(C)(O)[C@H]3C[C@H]12. The lowest BCUT2D eigenvalue weighted by Crippen LogP contribution is -2.75. The van der Waals surface area contributed by atoms with Crippen LogP contribution in [0.5, 0.6) is 5.75 Å². The molecule has 2 fully saturated rings. The fourth-order valence-corrected chi connectivity index (χ4v) is 5.95. The van der Waals surface area contributed by atoms with E-state index in [1.54, 1.807) is 0 Å². The molecule has 0 radical (unpaired) electrons. The number of likely N-dealkylation sites (N-methyl/N-ethyl adjacent to an activating group) is 1.